The molecule has 0 bridgehead atoms. The smallest absolute Gasteiger partial charge is 0.227 e. The van der Waals surface area contributed by atoms with Gasteiger partial charge in [0.1, 0.15) is 0 Å². The fourth-order valence-electron chi connectivity index (χ4n) is 3.85. The lowest BCUT2D eigenvalue weighted by Crippen LogP contribution is -2.46. The second-order valence-electron chi connectivity index (χ2n) is 8.46. The Balaban J connectivity index is 2.20. The number of hydrogen-bond acceptors (Lipinski definition) is 4. The van der Waals surface area contributed by atoms with Crippen LogP contribution in [0.5, 0.6) is 0 Å². The van der Waals surface area contributed by atoms with Gasteiger partial charge in [0.15, 0.2) is 0 Å². The van der Waals surface area contributed by atoms with Gasteiger partial charge < -0.3 is 19.6 Å². The molecule has 0 aliphatic carbocycles. The molecule has 0 aromatic rings. The molecule has 0 radical (unpaired) electrons. The first-order chi connectivity index (χ1) is 13.4. The molecule has 0 N–H and O–H groups in total. The zero-order chi connectivity index (χ0) is 20.9. The van der Waals surface area contributed by atoms with Gasteiger partial charge in [0, 0.05) is 45.7 Å². The highest BCUT2D eigenvalue weighted by Crippen LogP contribution is 2.20. The highest BCUT2D eigenvalue weighted by molar-refractivity contribution is 5.81. The van der Waals surface area contributed by atoms with Crippen molar-refractivity contribution in [3.05, 3.63) is 0 Å². The maximum absolute atomic E-state index is 12.6. The predicted octanol–water partition coefficient (Wildman–Crippen LogP) is 2.54. The van der Waals surface area contributed by atoms with Crippen molar-refractivity contribution in [2.75, 3.05) is 67.0 Å². The van der Waals surface area contributed by atoms with E-state index >= 15 is 0 Å². The average molecular weight is 397 g/mol. The summed E-state index contributed by atoms with van der Waals surface area (Å²) in [6, 6.07) is 0. The topological polar surface area (TPSA) is 47.1 Å². The summed E-state index contributed by atoms with van der Waals surface area (Å²) in [5.74, 6) is 0.455. The number of carbonyl (C=O) groups is 2. The standard InChI is InChI=1S/C22H44N4O2/c1-6-25(7-2)22(28)20-13-12-16-26(19-20)21(27)14-10-8-9-11-15-24(5)18-17-23(3)4/h20H,6-19H2,1-5H3. The second-order valence-corrected chi connectivity index (χ2v) is 8.46. The lowest BCUT2D eigenvalue weighted by Gasteiger charge is -2.34. The Morgan fingerprint density at radius 2 is 1.61 bits per heavy atom. The number of carbonyl (C=O) groups excluding carboxylic acids is 2. The largest absolute Gasteiger partial charge is 0.343 e. The lowest BCUT2D eigenvalue weighted by molar-refractivity contribution is -0.140. The van der Waals surface area contributed by atoms with E-state index in [4.69, 9.17) is 0 Å². The lowest BCUT2D eigenvalue weighted by atomic mass is 9.96. The second kappa shape index (κ2) is 13.9. The Hall–Kier alpha value is -1.14. The van der Waals surface area contributed by atoms with Crippen LogP contribution in [-0.4, -0.2) is 98.4 Å². The number of nitrogens with zero attached hydrogens (tertiary/aromatic N) is 4. The van der Waals surface area contributed by atoms with Crippen molar-refractivity contribution >= 4 is 11.8 Å². The first-order valence-corrected chi connectivity index (χ1v) is 11.3. The monoisotopic (exact) mass is 396 g/mol. The summed E-state index contributed by atoms with van der Waals surface area (Å²) in [6.07, 6.45) is 6.95. The van der Waals surface area contributed by atoms with E-state index in [1.807, 2.05) is 23.6 Å². The van der Waals surface area contributed by atoms with Gasteiger partial charge in [0.25, 0.3) is 0 Å². The van der Waals surface area contributed by atoms with Gasteiger partial charge in [-0.3, -0.25) is 9.59 Å². The van der Waals surface area contributed by atoms with E-state index in [2.05, 4.69) is 30.9 Å². The molecule has 1 aliphatic rings. The van der Waals surface area contributed by atoms with E-state index in [9.17, 15) is 9.59 Å². The van der Waals surface area contributed by atoms with Crippen molar-refractivity contribution in [2.45, 2.75) is 58.8 Å². The molecule has 1 unspecified atom stereocenters. The molecule has 1 atom stereocenters. The van der Waals surface area contributed by atoms with Crippen LogP contribution < -0.4 is 0 Å². The molecule has 0 spiro atoms. The van der Waals surface area contributed by atoms with Gasteiger partial charge in [-0.05, 0) is 67.2 Å². The molecule has 2 amide bonds. The quantitative estimate of drug-likeness (QED) is 0.449. The van der Waals surface area contributed by atoms with Gasteiger partial charge in [0.2, 0.25) is 11.8 Å². The third-order valence-corrected chi connectivity index (χ3v) is 5.81. The van der Waals surface area contributed by atoms with Gasteiger partial charge in [0.05, 0.1) is 5.92 Å². The normalized spacial score (nSPS) is 17.4. The average Bonchev–Trinajstić information content (AvgIpc) is 2.69. The van der Waals surface area contributed by atoms with Gasteiger partial charge in [-0.25, -0.2) is 0 Å². The summed E-state index contributed by atoms with van der Waals surface area (Å²) in [6.45, 7) is 10.3. The van der Waals surface area contributed by atoms with Crippen LogP contribution in [-0.2, 0) is 9.59 Å². The summed E-state index contributed by atoms with van der Waals surface area (Å²) in [7, 11) is 6.39. The number of likely N-dealkylation sites (N-methyl/N-ethyl adjacent to an activating group) is 2. The number of rotatable bonds is 13. The van der Waals surface area contributed by atoms with Crippen LogP contribution in [0.25, 0.3) is 0 Å². The maximum atomic E-state index is 12.6. The number of piperidine rings is 1. The van der Waals surface area contributed by atoms with E-state index in [1.54, 1.807) is 0 Å². The highest BCUT2D eigenvalue weighted by Gasteiger charge is 2.30. The zero-order valence-electron chi connectivity index (χ0n) is 19.1. The molecule has 0 aromatic heterocycles. The van der Waals surface area contributed by atoms with Gasteiger partial charge in [-0.15, -0.1) is 0 Å². The Labute approximate surface area is 173 Å². The Kier molecular flexibility index (Phi) is 12.4. The first kappa shape index (κ1) is 24.9. The van der Waals surface area contributed by atoms with Crippen molar-refractivity contribution in [3.8, 4) is 0 Å². The van der Waals surface area contributed by atoms with Crippen molar-refractivity contribution in [2.24, 2.45) is 5.92 Å². The van der Waals surface area contributed by atoms with E-state index < -0.39 is 0 Å². The van der Waals surface area contributed by atoms with Gasteiger partial charge in [-0.1, -0.05) is 12.8 Å². The fraction of sp³-hybridized carbons (Fsp3) is 0.909. The van der Waals surface area contributed by atoms with Crippen molar-refractivity contribution in [3.63, 3.8) is 0 Å². The fourth-order valence-corrected chi connectivity index (χ4v) is 3.85. The molecule has 0 aromatic carbocycles. The van der Waals surface area contributed by atoms with E-state index in [0.29, 0.717) is 13.0 Å². The molecule has 0 saturated carbocycles. The summed E-state index contributed by atoms with van der Waals surface area (Å²) in [5, 5.41) is 0. The van der Waals surface area contributed by atoms with Crippen LogP contribution >= 0.6 is 0 Å². The summed E-state index contributed by atoms with van der Waals surface area (Å²) in [5.41, 5.74) is 0. The zero-order valence-corrected chi connectivity index (χ0v) is 19.1. The number of amides is 2. The summed E-state index contributed by atoms with van der Waals surface area (Å²) >= 11 is 0. The van der Waals surface area contributed by atoms with E-state index in [1.165, 1.54) is 12.8 Å². The number of unbranched alkanes of at least 4 members (excludes halogenated alkanes) is 3. The Morgan fingerprint density at radius 1 is 0.929 bits per heavy atom. The van der Waals surface area contributed by atoms with Crippen LogP contribution in [0, 0.1) is 5.92 Å². The molecule has 1 heterocycles. The Bertz CT molecular complexity index is 452. The van der Waals surface area contributed by atoms with Crippen LogP contribution in [0.2, 0.25) is 0 Å². The molecule has 164 valence electrons. The third-order valence-electron chi connectivity index (χ3n) is 5.81. The van der Waals surface area contributed by atoms with E-state index in [-0.39, 0.29) is 17.7 Å². The van der Waals surface area contributed by atoms with Gasteiger partial charge in [-0.2, -0.15) is 0 Å². The number of likely N-dealkylation sites (tertiary alicyclic amines) is 1. The SMILES string of the molecule is CCN(CC)C(=O)C1CCCN(C(=O)CCCCCCN(C)CCN(C)C)C1. The predicted molar refractivity (Wildman–Crippen MR) is 116 cm³/mol. The number of hydrogen-bond donors (Lipinski definition) is 0. The molecule has 1 saturated heterocycles. The minimum Gasteiger partial charge on any atom is -0.343 e. The van der Waals surface area contributed by atoms with Crippen molar-refractivity contribution in [1.29, 1.82) is 0 Å². The van der Waals surface area contributed by atoms with Gasteiger partial charge >= 0.3 is 0 Å². The highest BCUT2D eigenvalue weighted by atomic mass is 16.2. The van der Waals surface area contributed by atoms with Crippen LogP contribution in [0.1, 0.15) is 58.8 Å². The molecule has 1 fully saturated rings. The van der Waals surface area contributed by atoms with Crippen molar-refractivity contribution < 1.29 is 9.59 Å². The molecule has 28 heavy (non-hydrogen) atoms. The summed E-state index contributed by atoms with van der Waals surface area (Å²) < 4.78 is 0. The minimum absolute atomic E-state index is 0.00435. The summed E-state index contributed by atoms with van der Waals surface area (Å²) in [4.78, 5) is 33.6. The molecule has 6 heteroatoms. The van der Waals surface area contributed by atoms with Crippen LogP contribution in [0.15, 0.2) is 0 Å². The van der Waals surface area contributed by atoms with Crippen LogP contribution in [0.3, 0.4) is 0 Å². The van der Waals surface area contributed by atoms with E-state index in [0.717, 1.165) is 65.0 Å². The maximum Gasteiger partial charge on any atom is 0.227 e. The third kappa shape index (κ3) is 9.37. The van der Waals surface area contributed by atoms with Crippen molar-refractivity contribution in [1.82, 2.24) is 19.6 Å². The molecular formula is C22H44N4O2. The molecule has 1 aliphatic heterocycles. The molecule has 6 nitrogen and oxygen atoms in total. The molecule has 1 rings (SSSR count). The van der Waals surface area contributed by atoms with Crippen LogP contribution in [0.4, 0.5) is 0 Å². The Morgan fingerprint density at radius 3 is 2.25 bits per heavy atom. The minimum atomic E-state index is -0.00435. The molecular weight excluding hydrogens is 352 g/mol. The first-order valence-electron chi connectivity index (χ1n) is 11.3.